The summed E-state index contributed by atoms with van der Waals surface area (Å²) in [6.07, 6.45) is 0. The fourth-order valence-corrected chi connectivity index (χ4v) is 2.46. The number of ether oxygens (including phenoxy) is 1. The Kier molecular flexibility index (Phi) is 4.29. The van der Waals surface area contributed by atoms with E-state index in [-0.39, 0.29) is 5.91 Å². The van der Waals surface area contributed by atoms with Crippen LogP contribution < -0.4 is 5.32 Å². The zero-order valence-corrected chi connectivity index (χ0v) is 11.7. The molecule has 0 saturated carbocycles. The number of hydrogen-bond donors (Lipinski definition) is 1. The predicted octanol–water partition coefficient (Wildman–Crippen LogP) is 2.43. The molecule has 1 aromatic heterocycles. The number of carbonyl (C=O) groups is 1. The number of thiazole rings is 1. The smallest absolute Gasteiger partial charge is 0.271 e. The van der Waals surface area contributed by atoms with Crippen molar-refractivity contribution in [3.63, 3.8) is 0 Å². The minimum Gasteiger partial charge on any atom is -0.382 e. The monoisotopic (exact) mass is 276 g/mol. The molecule has 0 aliphatic carbocycles. The maximum atomic E-state index is 12.1. The summed E-state index contributed by atoms with van der Waals surface area (Å²) in [5.74, 6) is -0.190. The molecule has 100 valence electrons. The third-order valence-corrected chi connectivity index (χ3v) is 3.48. The summed E-state index contributed by atoms with van der Waals surface area (Å²) in [7, 11) is 1.62. The van der Waals surface area contributed by atoms with Gasteiger partial charge in [-0.2, -0.15) is 0 Å². The van der Waals surface area contributed by atoms with E-state index in [0.717, 1.165) is 5.56 Å². The van der Waals surface area contributed by atoms with Crippen LogP contribution in [-0.4, -0.2) is 24.6 Å². The van der Waals surface area contributed by atoms with Gasteiger partial charge in [-0.25, -0.2) is 4.98 Å². The summed E-state index contributed by atoms with van der Waals surface area (Å²) in [6.45, 7) is 2.34. The molecule has 1 aromatic carbocycles. The number of aromatic nitrogens is 1. The van der Waals surface area contributed by atoms with Crippen molar-refractivity contribution in [1.29, 1.82) is 0 Å². The van der Waals surface area contributed by atoms with Gasteiger partial charge in [0.25, 0.3) is 5.91 Å². The van der Waals surface area contributed by atoms with Crippen LogP contribution in [0.2, 0.25) is 0 Å². The van der Waals surface area contributed by atoms with Gasteiger partial charge >= 0.3 is 0 Å². The Labute approximate surface area is 116 Å². The Morgan fingerprint density at radius 3 is 2.74 bits per heavy atom. The first kappa shape index (κ1) is 13.7. The molecule has 19 heavy (non-hydrogen) atoms. The first-order chi connectivity index (χ1) is 9.15. The van der Waals surface area contributed by atoms with Crippen molar-refractivity contribution in [2.45, 2.75) is 12.5 Å². The number of nitrogens with one attached hydrogen (secondary N) is 1. The van der Waals surface area contributed by atoms with E-state index < -0.39 is 5.54 Å². The highest BCUT2D eigenvalue weighted by atomic mass is 32.1. The number of rotatable bonds is 5. The van der Waals surface area contributed by atoms with Crippen molar-refractivity contribution < 1.29 is 9.53 Å². The zero-order chi connectivity index (χ0) is 13.7. The van der Waals surface area contributed by atoms with E-state index in [1.165, 1.54) is 11.3 Å². The van der Waals surface area contributed by atoms with E-state index in [1.54, 1.807) is 18.0 Å². The molecule has 4 nitrogen and oxygen atoms in total. The number of nitrogens with zero attached hydrogens (tertiary/aromatic N) is 1. The molecular formula is C14H16N2O2S. The Hall–Kier alpha value is -1.72. The Morgan fingerprint density at radius 2 is 2.16 bits per heavy atom. The van der Waals surface area contributed by atoms with Gasteiger partial charge in [-0.3, -0.25) is 4.79 Å². The molecule has 1 heterocycles. The highest BCUT2D eigenvalue weighted by Crippen LogP contribution is 2.21. The van der Waals surface area contributed by atoms with Crippen LogP contribution in [0.15, 0.2) is 41.2 Å². The molecule has 2 rings (SSSR count). The average Bonchev–Trinajstić information content (AvgIpc) is 2.94. The molecule has 1 N–H and O–H groups in total. The Morgan fingerprint density at radius 1 is 1.42 bits per heavy atom. The van der Waals surface area contributed by atoms with Gasteiger partial charge in [-0.1, -0.05) is 30.3 Å². The molecule has 0 radical (unpaired) electrons. The zero-order valence-electron chi connectivity index (χ0n) is 10.9. The summed E-state index contributed by atoms with van der Waals surface area (Å²) >= 11 is 1.40. The molecule has 0 aliphatic heterocycles. The molecule has 0 unspecified atom stereocenters. The van der Waals surface area contributed by atoms with Gasteiger partial charge < -0.3 is 10.1 Å². The number of methoxy groups -OCH3 is 1. The number of amides is 1. The van der Waals surface area contributed by atoms with Crippen molar-refractivity contribution >= 4 is 17.2 Å². The molecule has 0 aliphatic rings. The Balaban J connectivity index is 2.23. The number of carbonyl (C=O) groups excluding carboxylic acids is 1. The summed E-state index contributed by atoms with van der Waals surface area (Å²) in [5.41, 5.74) is 2.51. The highest BCUT2D eigenvalue weighted by molar-refractivity contribution is 7.07. The lowest BCUT2D eigenvalue weighted by atomic mass is 9.92. The quantitative estimate of drug-likeness (QED) is 0.912. The molecular weight excluding hydrogens is 260 g/mol. The maximum absolute atomic E-state index is 12.1. The van der Waals surface area contributed by atoms with E-state index in [1.807, 2.05) is 37.3 Å². The van der Waals surface area contributed by atoms with Gasteiger partial charge in [0.05, 0.1) is 17.7 Å². The minimum absolute atomic E-state index is 0.190. The van der Waals surface area contributed by atoms with Crippen molar-refractivity contribution in [2.75, 3.05) is 13.7 Å². The normalized spacial score (nSPS) is 13.8. The van der Waals surface area contributed by atoms with Crippen molar-refractivity contribution in [1.82, 2.24) is 10.3 Å². The SMILES string of the molecule is COC[C@@](C)(NC(=O)c1cscn1)c1ccccc1. The number of hydrogen-bond acceptors (Lipinski definition) is 4. The average molecular weight is 276 g/mol. The first-order valence-electron chi connectivity index (χ1n) is 5.91. The van der Waals surface area contributed by atoms with E-state index >= 15 is 0 Å². The second-order valence-corrected chi connectivity index (χ2v) is 5.18. The van der Waals surface area contributed by atoms with E-state index in [4.69, 9.17) is 4.74 Å². The highest BCUT2D eigenvalue weighted by Gasteiger charge is 2.29. The third kappa shape index (κ3) is 3.19. The van der Waals surface area contributed by atoms with Gasteiger partial charge in [0.2, 0.25) is 0 Å². The molecule has 1 amide bonds. The van der Waals surface area contributed by atoms with Gasteiger partial charge in [0.15, 0.2) is 0 Å². The Bertz CT molecular complexity index is 528. The van der Waals surface area contributed by atoms with Gasteiger partial charge in [-0.15, -0.1) is 11.3 Å². The molecule has 0 fully saturated rings. The van der Waals surface area contributed by atoms with E-state index in [2.05, 4.69) is 10.3 Å². The molecule has 0 spiro atoms. The van der Waals surface area contributed by atoms with Crippen LogP contribution in [0.5, 0.6) is 0 Å². The van der Waals surface area contributed by atoms with Crippen LogP contribution in [0.1, 0.15) is 23.0 Å². The van der Waals surface area contributed by atoms with Crippen molar-refractivity contribution in [2.24, 2.45) is 0 Å². The molecule has 2 aromatic rings. The lowest BCUT2D eigenvalue weighted by molar-refractivity contribution is 0.0782. The van der Waals surface area contributed by atoms with Gasteiger partial charge in [0.1, 0.15) is 5.69 Å². The summed E-state index contributed by atoms with van der Waals surface area (Å²) in [4.78, 5) is 16.2. The molecule has 0 saturated heterocycles. The third-order valence-electron chi connectivity index (χ3n) is 2.90. The standard InChI is InChI=1S/C14H16N2O2S/c1-14(9-18-2,11-6-4-3-5-7-11)16-13(17)12-8-19-10-15-12/h3-8,10H,9H2,1-2H3,(H,16,17)/t14-/m1/s1. The van der Waals surface area contributed by atoms with Crippen LogP contribution in [0.3, 0.4) is 0 Å². The van der Waals surface area contributed by atoms with Gasteiger partial charge in [0, 0.05) is 12.5 Å². The van der Waals surface area contributed by atoms with Crippen LogP contribution in [-0.2, 0) is 10.3 Å². The maximum Gasteiger partial charge on any atom is 0.271 e. The summed E-state index contributed by atoms with van der Waals surface area (Å²) in [5, 5.41) is 4.72. The second kappa shape index (κ2) is 5.95. The van der Waals surface area contributed by atoms with Crippen molar-refractivity contribution in [3.05, 3.63) is 52.5 Å². The molecule has 0 bridgehead atoms. The lowest BCUT2D eigenvalue weighted by Gasteiger charge is -2.30. The van der Waals surface area contributed by atoms with Crippen LogP contribution >= 0.6 is 11.3 Å². The fraction of sp³-hybridized carbons (Fsp3) is 0.286. The molecule has 5 heteroatoms. The van der Waals surface area contributed by atoms with Crippen molar-refractivity contribution in [3.8, 4) is 0 Å². The van der Waals surface area contributed by atoms with E-state index in [9.17, 15) is 4.79 Å². The summed E-state index contributed by atoms with van der Waals surface area (Å²) < 4.78 is 5.25. The largest absolute Gasteiger partial charge is 0.382 e. The van der Waals surface area contributed by atoms with Crippen LogP contribution in [0, 0.1) is 0 Å². The van der Waals surface area contributed by atoms with E-state index in [0.29, 0.717) is 12.3 Å². The summed E-state index contributed by atoms with van der Waals surface area (Å²) in [6, 6.07) is 9.77. The van der Waals surface area contributed by atoms with Crippen LogP contribution in [0.4, 0.5) is 0 Å². The predicted molar refractivity (Wildman–Crippen MR) is 75.3 cm³/mol. The fourth-order valence-electron chi connectivity index (χ4n) is 1.93. The number of benzene rings is 1. The van der Waals surface area contributed by atoms with Gasteiger partial charge in [-0.05, 0) is 12.5 Å². The topological polar surface area (TPSA) is 51.2 Å². The lowest BCUT2D eigenvalue weighted by Crippen LogP contribution is -2.46. The van der Waals surface area contributed by atoms with Crippen LogP contribution in [0.25, 0.3) is 0 Å². The minimum atomic E-state index is -0.573. The second-order valence-electron chi connectivity index (χ2n) is 4.46. The molecule has 1 atom stereocenters. The first-order valence-corrected chi connectivity index (χ1v) is 6.85.